The van der Waals surface area contributed by atoms with Crippen molar-refractivity contribution in [3.63, 3.8) is 0 Å². The molecule has 1 fully saturated rings. The molecule has 146 valence electrons. The number of ether oxygens (including phenoxy) is 1. The van der Waals surface area contributed by atoms with Crippen molar-refractivity contribution < 1.29 is 14.1 Å². The number of benzene rings is 2. The summed E-state index contributed by atoms with van der Waals surface area (Å²) >= 11 is 7.86. The van der Waals surface area contributed by atoms with Crippen molar-refractivity contribution >= 4 is 23.4 Å². The Morgan fingerprint density at radius 3 is 2.93 bits per heavy atom. The summed E-state index contributed by atoms with van der Waals surface area (Å²) in [6.45, 7) is 5.65. The number of aryl methyl sites for hydroxylation is 1. The highest BCUT2D eigenvalue weighted by atomic mass is 35.5. The first-order valence-electron chi connectivity index (χ1n) is 9.39. The van der Waals surface area contributed by atoms with Crippen LogP contribution >= 0.6 is 23.4 Å². The molecule has 0 amide bonds. The third kappa shape index (κ3) is 4.94. The molecule has 1 aliphatic heterocycles. The number of morpholine rings is 1. The summed E-state index contributed by atoms with van der Waals surface area (Å²) in [4.78, 5) is 1.48. The number of aromatic nitrogens is 2. The number of nitrogens with one attached hydrogen (secondary N) is 1. The molecule has 0 spiro atoms. The molecule has 0 radical (unpaired) electrons. The third-order valence-corrected chi connectivity index (χ3v) is 6.11. The van der Waals surface area contributed by atoms with Gasteiger partial charge in [0.25, 0.3) is 5.22 Å². The summed E-state index contributed by atoms with van der Waals surface area (Å²) in [6.07, 6.45) is 0.158. The minimum atomic E-state index is 0.158. The fraction of sp³-hybridized carbons (Fsp3) is 0.333. The van der Waals surface area contributed by atoms with Gasteiger partial charge in [0.15, 0.2) is 0 Å². The van der Waals surface area contributed by atoms with Crippen molar-refractivity contribution in [2.24, 2.45) is 0 Å². The van der Waals surface area contributed by atoms with Crippen LogP contribution in [0, 0.1) is 6.92 Å². The Labute approximate surface area is 174 Å². The number of nitrogens with zero attached hydrogens (tertiary/aromatic N) is 2. The molecule has 0 saturated carbocycles. The van der Waals surface area contributed by atoms with Crippen LogP contribution < -0.4 is 4.90 Å². The Bertz CT molecular complexity index is 933. The maximum Gasteiger partial charge on any atom is 0.276 e. The van der Waals surface area contributed by atoms with Gasteiger partial charge in [0.1, 0.15) is 25.7 Å². The molecule has 1 N–H and O–H groups in total. The zero-order valence-electron chi connectivity index (χ0n) is 15.7. The van der Waals surface area contributed by atoms with Crippen LogP contribution in [0.4, 0.5) is 0 Å². The van der Waals surface area contributed by atoms with E-state index < -0.39 is 0 Å². The van der Waals surface area contributed by atoms with E-state index in [1.165, 1.54) is 16.0 Å². The summed E-state index contributed by atoms with van der Waals surface area (Å²) in [6, 6.07) is 16.1. The van der Waals surface area contributed by atoms with Crippen LogP contribution in [0.1, 0.15) is 11.1 Å². The monoisotopic (exact) mass is 416 g/mol. The molecule has 1 saturated heterocycles. The van der Waals surface area contributed by atoms with Gasteiger partial charge in [-0.3, -0.25) is 0 Å². The maximum atomic E-state index is 6.31. The smallest absolute Gasteiger partial charge is 0.276 e. The summed E-state index contributed by atoms with van der Waals surface area (Å²) < 4.78 is 11.8. The van der Waals surface area contributed by atoms with Gasteiger partial charge in [-0.25, -0.2) is 0 Å². The maximum absolute atomic E-state index is 6.31. The van der Waals surface area contributed by atoms with E-state index in [9.17, 15) is 0 Å². The van der Waals surface area contributed by atoms with Gasteiger partial charge in [-0.2, -0.15) is 0 Å². The van der Waals surface area contributed by atoms with Crippen molar-refractivity contribution in [3.05, 3.63) is 64.7 Å². The number of hydrogen-bond acceptors (Lipinski definition) is 5. The summed E-state index contributed by atoms with van der Waals surface area (Å²) in [5, 5.41) is 9.76. The van der Waals surface area contributed by atoms with Crippen molar-refractivity contribution in [1.29, 1.82) is 0 Å². The average Bonchev–Trinajstić information content (AvgIpc) is 3.18. The first-order chi connectivity index (χ1) is 13.7. The SMILES string of the molecule is Cc1cccc(-c2nnc(SC[C@H]3C[NH+](Cc4ccccc4Cl)CCO3)o2)c1. The topological polar surface area (TPSA) is 52.6 Å². The lowest BCUT2D eigenvalue weighted by atomic mass is 10.1. The van der Waals surface area contributed by atoms with Gasteiger partial charge in [0.05, 0.1) is 6.61 Å². The van der Waals surface area contributed by atoms with Crippen LogP contribution in [0.25, 0.3) is 11.5 Å². The van der Waals surface area contributed by atoms with Crippen LogP contribution in [0.3, 0.4) is 0 Å². The molecule has 2 atom stereocenters. The zero-order chi connectivity index (χ0) is 19.3. The Morgan fingerprint density at radius 1 is 1.18 bits per heavy atom. The second-order valence-corrected chi connectivity index (χ2v) is 8.40. The van der Waals surface area contributed by atoms with E-state index in [0.29, 0.717) is 11.1 Å². The van der Waals surface area contributed by atoms with Crippen LogP contribution in [0.15, 0.2) is 58.2 Å². The van der Waals surface area contributed by atoms with Gasteiger partial charge in [-0.15, -0.1) is 10.2 Å². The molecular formula is C21H23ClN3O2S+. The molecule has 3 aromatic rings. The third-order valence-electron chi connectivity index (χ3n) is 4.79. The van der Waals surface area contributed by atoms with Crippen LogP contribution in [-0.4, -0.2) is 41.8 Å². The van der Waals surface area contributed by atoms with Crippen molar-refractivity contribution in [2.75, 3.05) is 25.4 Å². The summed E-state index contributed by atoms with van der Waals surface area (Å²) in [5.41, 5.74) is 3.30. The standard InChI is InChI=1S/C21H22ClN3O2S/c1-15-5-4-7-16(11-15)20-23-24-21(27-20)28-14-18-13-25(9-10-26-18)12-17-6-2-3-8-19(17)22/h2-8,11,18H,9-10,12-14H2,1H3/p+1/t18-/m1/s1. The van der Waals surface area contributed by atoms with Crippen molar-refractivity contribution in [2.45, 2.75) is 24.8 Å². The molecule has 4 rings (SSSR count). The van der Waals surface area contributed by atoms with Gasteiger partial charge in [0.2, 0.25) is 5.89 Å². The van der Waals surface area contributed by atoms with E-state index in [0.717, 1.165) is 42.6 Å². The van der Waals surface area contributed by atoms with E-state index >= 15 is 0 Å². The number of halogens is 1. The number of rotatable bonds is 6. The number of quaternary nitrogens is 1. The van der Waals surface area contributed by atoms with E-state index in [1.807, 2.05) is 49.4 Å². The molecule has 0 aliphatic carbocycles. The van der Waals surface area contributed by atoms with E-state index in [-0.39, 0.29) is 6.10 Å². The van der Waals surface area contributed by atoms with Crippen LogP contribution in [-0.2, 0) is 11.3 Å². The lowest BCUT2D eigenvalue weighted by Crippen LogP contribution is -3.13. The molecule has 28 heavy (non-hydrogen) atoms. The molecule has 7 heteroatoms. The molecule has 2 heterocycles. The highest BCUT2D eigenvalue weighted by Gasteiger charge is 2.25. The first kappa shape index (κ1) is 19.5. The quantitative estimate of drug-likeness (QED) is 0.625. The molecule has 0 bridgehead atoms. The average molecular weight is 417 g/mol. The van der Waals surface area contributed by atoms with Crippen molar-refractivity contribution in [3.8, 4) is 11.5 Å². The Morgan fingerprint density at radius 2 is 2.07 bits per heavy atom. The normalized spacial score (nSPS) is 19.6. The second kappa shape index (κ2) is 9.09. The first-order valence-corrected chi connectivity index (χ1v) is 10.8. The van der Waals surface area contributed by atoms with Gasteiger partial charge in [-0.1, -0.05) is 59.3 Å². The highest BCUT2D eigenvalue weighted by Crippen LogP contribution is 2.24. The second-order valence-electron chi connectivity index (χ2n) is 7.02. The minimum absolute atomic E-state index is 0.158. The molecule has 1 aromatic heterocycles. The lowest BCUT2D eigenvalue weighted by molar-refractivity contribution is -0.924. The van der Waals surface area contributed by atoms with Crippen LogP contribution in [0.2, 0.25) is 5.02 Å². The Balaban J connectivity index is 1.32. The van der Waals surface area contributed by atoms with E-state index in [2.05, 4.69) is 16.3 Å². The Hall–Kier alpha value is -1.86. The largest absolute Gasteiger partial charge is 0.411 e. The lowest BCUT2D eigenvalue weighted by Gasteiger charge is -2.30. The minimum Gasteiger partial charge on any atom is -0.411 e. The fourth-order valence-corrected chi connectivity index (χ4v) is 4.34. The molecular weight excluding hydrogens is 394 g/mol. The highest BCUT2D eigenvalue weighted by molar-refractivity contribution is 7.99. The number of thioether (sulfide) groups is 1. The fourth-order valence-electron chi connectivity index (χ4n) is 3.36. The van der Waals surface area contributed by atoms with Crippen LogP contribution in [0.5, 0.6) is 0 Å². The van der Waals surface area contributed by atoms with Gasteiger partial charge < -0.3 is 14.1 Å². The van der Waals surface area contributed by atoms with Gasteiger partial charge >= 0.3 is 0 Å². The molecule has 1 unspecified atom stereocenters. The predicted octanol–water partition coefficient (Wildman–Crippen LogP) is 3.27. The molecule has 1 aliphatic rings. The predicted molar refractivity (Wildman–Crippen MR) is 111 cm³/mol. The zero-order valence-corrected chi connectivity index (χ0v) is 17.3. The summed E-state index contributed by atoms with van der Waals surface area (Å²) in [5.74, 6) is 1.35. The van der Waals surface area contributed by atoms with Gasteiger partial charge in [0, 0.05) is 21.9 Å². The van der Waals surface area contributed by atoms with E-state index in [1.54, 1.807) is 11.8 Å². The van der Waals surface area contributed by atoms with E-state index in [4.69, 9.17) is 20.8 Å². The molecule has 2 aromatic carbocycles. The summed E-state index contributed by atoms with van der Waals surface area (Å²) in [7, 11) is 0. The Kier molecular flexibility index (Phi) is 6.32. The van der Waals surface area contributed by atoms with Crippen molar-refractivity contribution in [1.82, 2.24) is 10.2 Å². The number of hydrogen-bond donors (Lipinski definition) is 1. The molecule has 5 nitrogen and oxygen atoms in total. The van der Waals surface area contributed by atoms with Gasteiger partial charge in [-0.05, 0) is 25.1 Å².